The van der Waals surface area contributed by atoms with E-state index < -0.39 is 5.97 Å². The van der Waals surface area contributed by atoms with Crippen molar-refractivity contribution in [3.05, 3.63) is 35.4 Å². The molecule has 0 saturated heterocycles. The van der Waals surface area contributed by atoms with Crippen LogP contribution in [0.15, 0.2) is 24.3 Å². The van der Waals surface area contributed by atoms with Crippen molar-refractivity contribution >= 4 is 5.97 Å². The molecule has 0 aliphatic carbocycles. The molecule has 0 fully saturated rings. The van der Waals surface area contributed by atoms with Gasteiger partial charge >= 0.3 is 5.97 Å². The number of carboxylic acids is 1. The number of benzene rings is 1. The van der Waals surface area contributed by atoms with Crippen molar-refractivity contribution in [3.63, 3.8) is 0 Å². The van der Waals surface area contributed by atoms with E-state index in [9.17, 15) is 4.79 Å². The van der Waals surface area contributed by atoms with E-state index in [0.29, 0.717) is 0 Å². The van der Waals surface area contributed by atoms with Gasteiger partial charge in [0.15, 0.2) is 0 Å². The number of hydrogen-bond donors (Lipinski definition) is 1. The summed E-state index contributed by atoms with van der Waals surface area (Å²) < 4.78 is 0. The van der Waals surface area contributed by atoms with Gasteiger partial charge in [0.05, 0.1) is 17.6 Å². The van der Waals surface area contributed by atoms with Crippen LogP contribution in [-0.2, 0) is 0 Å². The largest absolute Gasteiger partial charge is 0.478 e. The number of carbonyl (C=O) groups is 1. The predicted octanol–water partition coefficient (Wildman–Crippen LogP) is 3.04. The van der Waals surface area contributed by atoms with Gasteiger partial charge < -0.3 is 5.11 Å². The zero-order valence-corrected chi connectivity index (χ0v) is 9.69. The van der Waals surface area contributed by atoms with Crippen LogP contribution in [0.1, 0.15) is 42.6 Å². The standard InChI is InChI=1S/C13H15NO2/c1-13(2,3)11(8-14)9-4-6-10(7-5-9)12(15)16/h4-7,11H,1-3H3,(H,15,16). The molecule has 0 radical (unpaired) electrons. The van der Waals surface area contributed by atoms with Gasteiger partial charge in [0.1, 0.15) is 0 Å². The molecule has 0 aliphatic heterocycles. The predicted molar refractivity (Wildman–Crippen MR) is 61.2 cm³/mol. The fourth-order valence-electron chi connectivity index (χ4n) is 1.59. The van der Waals surface area contributed by atoms with Crippen molar-refractivity contribution in [1.29, 1.82) is 5.26 Å². The third-order valence-corrected chi connectivity index (χ3v) is 2.49. The Morgan fingerprint density at radius 1 is 1.31 bits per heavy atom. The minimum atomic E-state index is -0.948. The summed E-state index contributed by atoms with van der Waals surface area (Å²) in [6, 6.07) is 8.75. The van der Waals surface area contributed by atoms with Gasteiger partial charge in [-0.05, 0) is 23.1 Å². The lowest BCUT2D eigenvalue weighted by atomic mass is 9.77. The van der Waals surface area contributed by atoms with Gasteiger partial charge in [-0.15, -0.1) is 0 Å². The lowest BCUT2D eigenvalue weighted by Crippen LogP contribution is -2.16. The summed E-state index contributed by atoms with van der Waals surface area (Å²) >= 11 is 0. The molecule has 16 heavy (non-hydrogen) atoms. The molecule has 0 aromatic heterocycles. The highest BCUT2D eigenvalue weighted by molar-refractivity contribution is 5.87. The maximum absolute atomic E-state index is 10.7. The van der Waals surface area contributed by atoms with Gasteiger partial charge in [-0.3, -0.25) is 0 Å². The topological polar surface area (TPSA) is 61.1 Å². The molecule has 1 aromatic rings. The van der Waals surface area contributed by atoms with Crippen LogP contribution in [0, 0.1) is 16.7 Å². The van der Waals surface area contributed by atoms with Crippen molar-refractivity contribution < 1.29 is 9.90 Å². The van der Waals surface area contributed by atoms with Gasteiger partial charge in [-0.1, -0.05) is 32.9 Å². The van der Waals surface area contributed by atoms with Gasteiger partial charge in [0.25, 0.3) is 0 Å². The molecule has 1 atom stereocenters. The highest BCUT2D eigenvalue weighted by atomic mass is 16.4. The van der Waals surface area contributed by atoms with Crippen LogP contribution in [0.2, 0.25) is 0 Å². The normalized spacial score (nSPS) is 12.9. The van der Waals surface area contributed by atoms with Crippen LogP contribution in [0.25, 0.3) is 0 Å². The van der Waals surface area contributed by atoms with Crippen LogP contribution in [0.3, 0.4) is 0 Å². The summed E-state index contributed by atoms with van der Waals surface area (Å²) in [5.41, 5.74) is 0.953. The number of hydrogen-bond acceptors (Lipinski definition) is 2. The number of rotatable bonds is 2. The fraction of sp³-hybridized carbons (Fsp3) is 0.385. The second-order valence-corrected chi connectivity index (χ2v) is 4.86. The van der Waals surface area contributed by atoms with E-state index in [1.807, 2.05) is 20.8 Å². The van der Waals surface area contributed by atoms with Crippen molar-refractivity contribution in [2.24, 2.45) is 5.41 Å². The Labute approximate surface area is 95.3 Å². The SMILES string of the molecule is CC(C)(C)C(C#N)c1ccc(C(=O)O)cc1. The Morgan fingerprint density at radius 2 is 1.81 bits per heavy atom. The summed E-state index contributed by atoms with van der Waals surface area (Å²) in [5.74, 6) is -1.17. The molecule has 1 aromatic carbocycles. The number of nitriles is 1. The average Bonchev–Trinajstić information content (AvgIpc) is 2.17. The first kappa shape index (κ1) is 12.3. The molecule has 0 amide bonds. The number of aromatic carboxylic acids is 1. The van der Waals surface area contributed by atoms with E-state index >= 15 is 0 Å². The van der Waals surface area contributed by atoms with E-state index in [-0.39, 0.29) is 16.9 Å². The summed E-state index contributed by atoms with van der Waals surface area (Å²) in [4.78, 5) is 10.7. The molecule has 0 heterocycles. The van der Waals surface area contributed by atoms with Crippen LogP contribution in [0.5, 0.6) is 0 Å². The van der Waals surface area contributed by atoms with Gasteiger partial charge in [0, 0.05) is 0 Å². The highest BCUT2D eigenvalue weighted by Crippen LogP contribution is 2.34. The average molecular weight is 217 g/mol. The molecule has 0 spiro atoms. The maximum Gasteiger partial charge on any atom is 0.335 e. The Bertz CT molecular complexity index is 421. The van der Waals surface area contributed by atoms with Crippen LogP contribution in [-0.4, -0.2) is 11.1 Å². The molecule has 0 saturated carbocycles. The lowest BCUT2D eigenvalue weighted by Gasteiger charge is -2.25. The van der Waals surface area contributed by atoms with Gasteiger partial charge in [-0.2, -0.15) is 5.26 Å². The Kier molecular flexibility index (Phi) is 3.34. The molecule has 0 aliphatic rings. The molecule has 1 rings (SSSR count). The zero-order valence-electron chi connectivity index (χ0n) is 9.69. The Morgan fingerprint density at radius 3 is 2.12 bits per heavy atom. The summed E-state index contributed by atoms with van der Waals surface area (Å²) in [6.45, 7) is 5.98. The Hall–Kier alpha value is -1.82. The second kappa shape index (κ2) is 4.36. The van der Waals surface area contributed by atoms with Gasteiger partial charge in [0.2, 0.25) is 0 Å². The molecular weight excluding hydrogens is 202 g/mol. The van der Waals surface area contributed by atoms with Gasteiger partial charge in [-0.25, -0.2) is 4.79 Å². The first-order valence-corrected chi connectivity index (χ1v) is 5.09. The van der Waals surface area contributed by atoms with Crippen molar-refractivity contribution in [2.75, 3.05) is 0 Å². The van der Waals surface area contributed by atoms with E-state index in [2.05, 4.69) is 6.07 Å². The van der Waals surface area contributed by atoms with E-state index in [0.717, 1.165) is 5.56 Å². The Balaban J connectivity index is 3.06. The zero-order chi connectivity index (χ0) is 12.3. The molecular formula is C13H15NO2. The lowest BCUT2D eigenvalue weighted by molar-refractivity contribution is 0.0697. The minimum absolute atomic E-state index is 0.153. The maximum atomic E-state index is 10.7. The molecule has 1 unspecified atom stereocenters. The van der Waals surface area contributed by atoms with Crippen LogP contribution >= 0.6 is 0 Å². The van der Waals surface area contributed by atoms with Crippen molar-refractivity contribution in [2.45, 2.75) is 26.7 Å². The summed E-state index contributed by atoms with van der Waals surface area (Å²) in [6.07, 6.45) is 0. The third-order valence-electron chi connectivity index (χ3n) is 2.49. The second-order valence-electron chi connectivity index (χ2n) is 4.86. The smallest absolute Gasteiger partial charge is 0.335 e. The first-order valence-electron chi connectivity index (χ1n) is 5.09. The third kappa shape index (κ3) is 2.60. The first-order chi connectivity index (χ1) is 7.36. The van der Waals surface area contributed by atoms with Crippen LogP contribution < -0.4 is 0 Å². The summed E-state index contributed by atoms with van der Waals surface area (Å²) in [5, 5.41) is 17.9. The van der Waals surface area contributed by atoms with Crippen molar-refractivity contribution in [1.82, 2.24) is 0 Å². The van der Waals surface area contributed by atoms with E-state index in [1.165, 1.54) is 12.1 Å². The quantitative estimate of drug-likeness (QED) is 0.828. The van der Waals surface area contributed by atoms with Crippen LogP contribution in [0.4, 0.5) is 0 Å². The van der Waals surface area contributed by atoms with E-state index in [1.54, 1.807) is 12.1 Å². The monoisotopic (exact) mass is 217 g/mol. The molecule has 3 heteroatoms. The van der Waals surface area contributed by atoms with E-state index in [4.69, 9.17) is 10.4 Å². The number of carboxylic acid groups (broad SMARTS) is 1. The van der Waals surface area contributed by atoms with Crippen molar-refractivity contribution in [3.8, 4) is 6.07 Å². The summed E-state index contributed by atoms with van der Waals surface area (Å²) in [7, 11) is 0. The molecule has 1 N–H and O–H groups in total. The molecule has 0 bridgehead atoms. The fourth-order valence-corrected chi connectivity index (χ4v) is 1.59. The highest BCUT2D eigenvalue weighted by Gasteiger charge is 2.25. The molecule has 3 nitrogen and oxygen atoms in total. The molecule has 84 valence electrons. The minimum Gasteiger partial charge on any atom is -0.478 e. The number of nitrogens with zero attached hydrogens (tertiary/aromatic N) is 1.